The molecule has 156 valence electrons. The molecule has 0 aliphatic carbocycles. The van der Waals surface area contributed by atoms with Gasteiger partial charge in [-0.05, 0) is 23.6 Å². The maximum absolute atomic E-state index is 13.6. The molecular formula is C17H16F2N2O5S3. The van der Waals surface area contributed by atoms with Crippen molar-refractivity contribution in [3.05, 3.63) is 46.2 Å². The van der Waals surface area contributed by atoms with Gasteiger partial charge in [0.1, 0.15) is 21.4 Å². The number of thiophene rings is 1. The first-order chi connectivity index (χ1) is 13.8. The highest BCUT2D eigenvalue weighted by atomic mass is 32.2. The summed E-state index contributed by atoms with van der Waals surface area (Å²) in [4.78, 5) is 23.9. The third-order valence-corrected chi connectivity index (χ3v) is 7.85. The van der Waals surface area contributed by atoms with Crippen LogP contribution in [0.15, 0.2) is 34.5 Å². The van der Waals surface area contributed by atoms with Crippen molar-refractivity contribution in [2.45, 2.75) is 4.90 Å². The molecule has 7 nitrogen and oxygen atoms in total. The van der Waals surface area contributed by atoms with Gasteiger partial charge >= 0.3 is 5.97 Å². The van der Waals surface area contributed by atoms with Crippen LogP contribution in [-0.4, -0.2) is 55.8 Å². The first kappa shape index (κ1) is 21.7. The van der Waals surface area contributed by atoms with Gasteiger partial charge in [-0.25, -0.2) is 22.0 Å². The van der Waals surface area contributed by atoms with Crippen LogP contribution in [0.5, 0.6) is 0 Å². The Morgan fingerprint density at radius 1 is 1.17 bits per heavy atom. The van der Waals surface area contributed by atoms with Crippen molar-refractivity contribution in [3.63, 3.8) is 0 Å². The molecule has 0 radical (unpaired) electrons. The van der Waals surface area contributed by atoms with E-state index in [-0.39, 0.29) is 9.77 Å². The highest BCUT2D eigenvalue weighted by Gasteiger charge is 2.31. The Bertz CT molecular complexity index is 1020. The van der Waals surface area contributed by atoms with Crippen molar-refractivity contribution in [3.8, 4) is 0 Å². The smallest absolute Gasteiger partial charge is 0.350 e. The van der Waals surface area contributed by atoms with Crippen molar-refractivity contribution in [2.24, 2.45) is 0 Å². The van der Waals surface area contributed by atoms with Gasteiger partial charge in [-0.2, -0.15) is 16.1 Å². The molecule has 1 aromatic carbocycles. The normalized spacial score (nSPS) is 15.1. The summed E-state index contributed by atoms with van der Waals surface area (Å²) in [5.74, 6) is -2.14. The SMILES string of the molecule is O=C(COC(=O)c1sccc1S(=O)(=O)N1CCSCC1)Nc1cc(F)ccc1F. The number of hydrogen-bond acceptors (Lipinski definition) is 7. The van der Waals surface area contributed by atoms with E-state index in [4.69, 9.17) is 4.74 Å². The van der Waals surface area contributed by atoms with E-state index in [1.807, 2.05) is 0 Å². The second kappa shape index (κ2) is 9.20. The van der Waals surface area contributed by atoms with Crippen LogP contribution in [0.25, 0.3) is 0 Å². The molecule has 0 spiro atoms. The minimum atomic E-state index is -3.85. The van der Waals surface area contributed by atoms with Crippen molar-refractivity contribution in [1.29, 1.82) is 0 Å². The Hall–Kier alpha value is -2.02. The molecule has 2 heterocycles. The van der Waals surface area contributed by atoms with Gasteiger partial charge in [0.15, 0.2) is 6.61 Å². The summed E-state index contributed by atoms with van der Waals surface area (Å²) in [5, 5.41) is 3.54. The number of carbonyl (C=O) groups is 2. The van der Waals surface area contributed by atoms with Crippen molar-refractivity contribution < 1.29 is 31.5 Å². The second-order valence-corrected chi connectivity index (χ2v) is 9.93. The van der Waals surface area contributed by atoms with Gasteiger partial charge in [-0.3, -0.25) is 4.79 Å². The molecule has 1 aliphatic heterocycles. The van der Waals surface area contributed by atoms with Crippen LogP contribution >= 0.6 is 23.1 Å². The first-order valence-electron chi connectivity index (χ1n) is 8.36. The maximum Gasteiger partial charge on any atom is 0.350 e. The molecule has 0 atom stereocenters. The predicted octanol–water partition coefficient (Wildman–Crippen LogP) is 2.56. The summed E-state index contributed by atoms with van der Waals surface area (Å²) in [6.45, 7) is -0.0928. The summed E-state index contributed by atoms with van der Waals surface area (Å²) in [5.41, 5.74) is -0.395. The molecule has 0 bridgehead atoms. The highest BCUT2D eigenvalue weighted by Crippen LogP contribution is 2.27. The van der Waals surface area contributed by atoms with Gasteiger partial charge in [0.2, 0.25) is 10.0 Å². The monoisotopic (exact) mass is 462 g/mol. The van der Waals surface area contributed by atoms with Crippen molar-refractivity contribution >= 4 is 50.7 Å². The third-order valence-electron chi connectivity index (χ3n) is 3.94. The number of carbonyl (C=O) groups excluding carboxylic acids is 2. The summed E-state index contributed by atoms with van der Waals surface area (Å²) in [6.07, 6.45) is 0. The molecule has 1 amide bonds. The molecule has 3 rings (SSSR count). The lowest BCUT2D eigenvalue weighted by Gasteiger charge is -2.25. The van der Waals surface area contributed by atoms with Crippen LogP contribution in [0.2, 0.25) is 0 Å². The number of halogens is 2. The average molecular weight is 463 g/mol. The third kappa shape index (κ3) is 5.13. The lowest BCUT2D eigenvalue weighted by atomic mass is 10.3. The summed E-state index contributed by atoms with van der Waals surface area (Å²) in [7, 11) is -3.85. The zero-order valence-corrected chi connectivity index (χ0v) is 17.3. The van der Waals surface area contributed by atoms with E-state index in [1.165, 1.54) is 15.8 Å². The Morgan fingerprint density at radius 3 is 2.62 bits per heavy atom. The van der Waals surface area contributed by atoms with Gasteiger partial charge in [-0.15, -0.1) is 11.3 Å². The van der Waals surface area contributed by atoms with Crippen LogP contribution in [0.3, 0.4) is 0 Å². The van der Waals surface area contributed by atoms with E-state index < -0.39 is 45.8 Å². The molecule has 1 aromatic heterocycles. The summed E-state index contributed by atoms with van der Waals surface area (Å²) in [6, 6.07) is 3.85. The Morgan fingerprint density at radius 2 is 1.90 bits per heavy atom. The Labute approximate surface area is 174 Å². The van der Waals surface area contributed by atoms with Gasteiger partial charge in [0.25, 0.3) is 5.91 Å². The van der Waals surface area contributed by atoms with Crippen molar-refractivity contribution in [1.82, 2.24) is 4.31 Å². The van der Waals surface area contributed by atoms with E-state index in [1.54, 1.807) is 11.8 Å². The van der Waals surface area contributed by atoms with Crippen LogP contribution < -0.4 is 5.32 Å². The zero-order valence-electron chi connectivity index (χ0n) is 14.9. The number of nitrogens with one attached hydrogen (secondary N) is 1. The van der Waals surface area contributed by atoms with Gasteiger partial charge in [-0.1, -0.05) is 0 Å². The Kier molecular flexibility index (Phi) is 6.88. The molecule has 0 unspecified atom stereocenters. The molecule has 29 heavy (non-hydrogen) atoms. The lowest BCUT2D eigenvalue weighted by molar-refractivity contribution is -0.119. The average Bonchev–Trinajstić information content (AvgIpc) is 3.20. The number of esters is 1. The number of hydrogen-bond donors (Lipinski definition) is 1. The number of benzene rings is 1. The summed E-state index contributed by atoms with van der Waals surface area (Å²) < 4.78 is 58.4. The summed E-state index contributed by atoms with van der Waals surface area (Å²) >= 11 is 2.53. The minimum absolute atomic E-state index is 0.145. The quantitative estimate of drug-likeness (QED) is 0.664. The van der Waals surface area contributed by atoms with Crippen LogP contribution in [0, 0.1) is 11.6 Å². The topological polar surface area (TPSA) is 92.8 Å². The number of nitrogens with zero attached hydrogens (tertiary/aromatic N) is 1. The van der Waals surface area contributed by atoms with E-state index in [9.17, 15) is 26.8 Å². The number of anilines is 1. The van der Waals surface area contributed by atoms with Gasteiger partial charge < -0.3 is 10.1 Å². The number of thioether (sulfide) groups is 1. The van der Waals surface area contributed by atoms with Gasteiger partial charge in [0.05, 0.1) is 5.69 Å². The highest BCUT2D eigenvalue weighted by molar-refractivity contribution is 7.99. The molecule has 1 N–H and O–H groups in total. The van der Waals surface area contributed by atoms with Crippen LogP contribution in [-0.2, 0) is 19.6 Å². The van der Waals surface area contributed by atoms with E-state index >= 15 is 0 Å². The number of ether oxygens (including phenoxy) is 1. The largest absolute Gasteiger partial charge is 0.451 e. The molecule has 0 saturated carbocycles. The lowest BCUT2D eigenvalue weighted by Crippen LogP contribution is -2.38. The molecule has 1 aliphatic rings. The molecule has 12 heteroatoms. The van der Waals surface area contributed by atoms with Crippen LogP contribution in [0.1, 0.15) is 9.67 Å². The fraction of sp³-hybridized carbons (Fsp3) is 0.294. The minimum Gasteiger partial charge on any atom is -0.451 e. The fourth-order valence-electron chi connectivity index (χ4n) is 2.55. The van der Waals surface area contributed by atoms with Gasteiger partial charge in [0, 0.05) is 30.7 Å². The maximum atomic E-state index is 13.6. The van der Waals surface area contributed by atoms with Crippen molar-refractivity contribution in [2.75, 3.05) is 36.5 Å². The van der Waals surface area contributed by atoms with E-state index in [2.05, 4.69) is 5.32 Å². The molecule has 1 fully saturated rings. The molecule has 2 aromatic rings. The van der Waals surface area contributed by atoms with E-state index in [0.717, 1.165) is 29.5 Å². The number of rotatable bonds is 6. The number of amides is 1. The van der Waals surface area contributed by atoms with E-state index in [0.29, 0.717) is 24.6 Å². The predicted molar refractivity (Wildman–Crippen MR) is 106 cm³/mol. The fourth-order valence-corrected chi connectivity index (χ4v) is 6.41. The molecular weight excluding hydrogens is 446 g/mol. The standard InChI is InChI=1S/C17H16F2N2O5S3/c18-11-1-2-12(19)13(9-11)20-15(22)10-26-17(23)16-14(3-6-28-16)29(24,25)21-4-7-27-8-5-21/h1-3,6,9H,4-5,7-8,10H2,(H,20,22). The zero-order chi connectivity index (χ0) is 21.0. The second-order valence-electron chi connectivity index (χ2n) is 5.88. The van der Waals surface area contributed by atoms with Crippen LogP contribution in [0.4, 0.5) is 14.5 Å². The first-order valence-corrected chi connectivity index (χ1v) is 11.8. The number of sulfonamides is 1. The Balaban J connectivity index is 1.65. The molecule has 1 saturated heterocycles.